The van der Waals surface area contributed by atoms with E-state index in [0.29, 0.717) is 5.17 Å². The number of likely N-dealkylation sites (tertiary alicyclic amines) is 1. The molecule has 2 rings (SSSR count). The highest BCUT2D eigenvalue weighted by atomic mass is 32.2. The molecule has 1 aromatic carbocycles. The number of rotatable bonds is 3. The molecule has 0 aromatic heterocycles. The van der Waals surface area contributed by atoms with Crippen LogP contribution in [0.15, 0.2) is 29.3 Å². The SMILES string of the molecule is CC(C)(C)N=C(N)SCc1ccc(C(=O)N2CCCC2)cc1. The molecule has 0 atom stereocenters. The van der Waals surface area contributed by atoms with Gasteiger partial charge in [-0.1, -0.05) is 23.9 Å². The Morgan fingerprint density at radius 3 is 2.36 bits per heavy atom. The zero-order valence-electron chi connectivity index (χ0n) is 13.6. The molecule has 0 spiro atoms. The molecule has 1 amide bonds. The van der Waals surface area contributed by atoms with Gasteiger partial charge < -0.3 is 10.6 Å². The fourth-order valence-corrected chi connectivity index (χ4v) is 3.21. The molecular formula is C17H25N3OS. The lowest BCUT2D eigenvalue weighted by atomic mass is 10.1. The number of hydrogen-bond acceptors (Lipinski definition) is 3. The topological polar surface area (TPSA) is 58.7 Å². The van der Waals surface area contributed by atoms with E-state index in [2.05, 4.69) is 4.99 Å². The molecule has 0 aliphatic carbocycles. The third kappa shape index (κ3) is 5.05. The molecule has 5 heteroatoms. The Bertz CT molecular complexity index is 540. The number of nitrogens with two attached hydrogens (primary N) is 1. The second-order valence-electron chi connectivity index (χ2n) is 6.61. The minimum Gasteiger partial charge on any atom is -0.379 e. The fourth-order valence-electron chi connectivity index (χ4n) is 2.37. The van der Waals surface area contributed by atoms with Crippen LogP contribution >= 0.6 is 11.8 Å². The molecule has 22 heavy (non-hydrogen) atoms. The summed E-state index contributed by atoms with van der Waals surface area (Å²) in [7, 11) is 0. The number of benzene rings is 1. The summed E-state index contributed by atoms with van der Waals surface area (Å²) in [4.78, 5) is 18.6. The number of carbonyl (C=O) groups is 1. The highest BCUT2D eigenvalue weighted by Gasteiger charge is 2.19. The van der Waals surface area contributed by atoms with Gasteiger partial charge in [-0.3, -0.25) is 9.79 Å². The third-order valence-electron chi connectivity index (χ3n) is 3.43. The van der Waals surface area contributed by atoms with Crippen molar-refractivity contribution in [3.63, 3.8) is 0 Å². The van der Waals surface area contributed by atoms with E-state index in [1.807, 2.05) is 49.9 Å². The van der Waals surface area contributed by atoms with E-state index in [1.54, 1.807) is 0 Å². The minimum atomic E-state index is -0.150. The zero-order chi connectivity index (χ0) is 16.2. The zero-order valence-corrected chi connectivity index (χ0v) is 14.4. The van der Waals surface area contributed by atoms with Crippen LogP contribution in [0.25, 0.3) is 0 Å². The normalized spacial score (nSPS) is 16.1. The number of thioether (sulfide) groups is 1. The van der Waals surface area contributed by atoms with Gasteiger partial charge in [-0.05, 0) is 51.3 Å². The summed E-state index contributed by atoms with van der Waals surface area (Å²) < 4.78 is 0. The first-order valence-electron chi connectivity index (χ1n) is 7.71. The second-order valence-corrected chi connectivity index (χ2v) is 7.60. The number of aliphatic imine (C=N–C) groups is 1. The summed E-state index contributed by atoms with van der Waals surface area (Å²) in [6.45, 7) is 7.85. The van der Waals surface area contributed by atoms with Crippen LogP contribution in [0.4, 0.5) is 0 Å². The average Bonchev–Trinajstić information content (AvgIpc) is 2.97. The Kier molecular flexibility index (Phi) is 5.51. The monoisotopic (exact) mass is 319 g/mol. The molecule has 1 aromatic rings. The van der Waals surface area contributed by atoms with Gasteiger partial charge in [0.25, 0.3) is 5.91 Å². The van der Waals surface area contributed by atoms with Crippen LogP contribution in [0.5, 0.6) is 0 Å². The average molecular weight is 319 g/mol. The predicted octanol–water partition coefficient (Wildman–Crippen LogP) is 3.27. The van der Waals surface area contributed by atoms with Crippen LogP contribution in [0, 0.1) is 0 Å². The van der Waals surface area contributed by atoms with E-state index in [4.69, 9.17) is 5.73 Å². The van der Waals surface area contributed by atoms with Crippen molar-refractivity contribution >= 4 is 22.8 Å². The van der Waals surface area contributed by atoms with Gasteiger partial charge in [0.15, 0.2) is 5.17 Å². The molecule has 120 valence electrons. The molecule has 4 nitrogen and oxygen atoms in total. The van der Waals surface area contributed by atoms with Crippen LogP contribution in [0.1, 0.15) is 49.5 Å². The maximum atomic E-state index is 12.3. The van der Waals surface area contributed by atoms with E-state index in [9.17, 15) is 4.79 Å². The number of carbonyl (C=O) groups excluding carboxylic acids is 1. The largest absolute Gasteiger partial charge is 0.379 e. The van der Waals surface area contributed by atoms with Crippen molar-refractivity contribution in [2.24, 2.45) is 10.7 Å². The van der Waals surface area contributed by atoms with E-state index >= 15 is 0 Å². The lowest BCUT2D eigenvalue weighted by molar-refractivity contribution is 0.0793. The van der Waals surface area contributed by atoms with Gasteiger partial charge >= 0.3 is 0 Å². The molecular weight excluding hydrogens is 294 g/mol. The number of amides is 1. The molecule has 1 saturated heterocycles. The predicted molar refractivity (Wildman–Crippen MR) is 94.2 cm³/mol. The molecule has 0 bridgehead atoms. The van der Waals surface area contributed by atoms with Crippen LogP contribution in [0.3, 0.4) is 0 Å². The van der Waals surface area contributed by atoms with E-state index < -0.39 is 0 Å². The summed E-state index contributed by atoms with van der Waals surface area (Å²) in [6.07, 6.45) is 2.24. The first kappa shape index (κ1) is 16.9. The van der Waals surface area contributed by atoms with Crippen LogP contribution < -0.4 is 5.73 Å². The Hall–Kier alpha value is -1.49. The standard InChI is InChI=1S/C17H25N3OS/c1-17(2,3)19-16(18)22-12-13-6-8-14(9-7-13)15(21)20-10-4-5-11-20/h6-9H,4-5,10-12H2,1-3H3,(H2,18,19). The molecule has 2 N–H and O–H groups in total. The summed E-state index contributed by atoms with van der Waals surface area (Å²) >= 11 is 1.53. The van der Waals surface area contributed by atoms with Crippen molar-refractivity contribution in [3.05, 3.63) is 35.4 Å². The van der Waals surface area contributed by atoms with Crippen LogP contribution in [-0.4, -0.2) is 34.6 Å². The summed E-state index contributed by atoms with van der Waals surface area (Å²) in [5.41, 5.74) is 7.69. The Labute approximate surface area is 137 Å². The Balaban J connectivity index is 1.92. The van der Waals surface area contributed by atoms with Crippen molar-refractivity contribution < 1.29 is 4.79 Å². The molecule has 1 heterocycles. The first-order chi connectivity index (χ1) is 10.3. The van der Waals surface area contributed by atoms with Crippen molar-refractivity contribution in [3.8, 4) is 0 Å². The molecule has 1 fully saturated rings. The third-order valence-corrected chi connectivity index (χ3v) is 4.29. The highest BCUT2D eigenvalue weighted by Crippen LogP contribution is 2.18. The Morgan fingerprint density at radius 2 is 1.82 bits per heavy atom. The van der Waals surface area contributed by atoms with Gasteiger partial charge in [0, 0.05) is 24.4 Å². The Morgan fingerprint density at radius 1 is 1.23 bits per heavy atom. The molecule has 1 aliphatic rings. The van der Waals surface area contributed by atoms with Gasteiger partial charge in [-0.15, -0.1) is 0 Å². The van der Waals surface area contributed by atoms with Crippen molar-refractivity contribution in [2.75, 3.05) is 13.1 Å². The highest BCUT2D eigenvalue weighted by molar-refractivity contribution is 8.13. The molecule has 0 radical (unpaired) electrons. The van der Waals surface area contributed by atoms with E-state index in [1.165, 1.54) is 11.8 Å². The first-order valence-corrected chi connectivity index (χ1v) is 8.70. The number of hydrogen-bond donors (Lipinski definition) is 1. The van der Waals surface area contributed by atoms with Crippen molar-refractivity contribution in [1.82, 2.24) is 4.90 Å². The molecule has 1 aliphatic heterocycles. The number of nitrogens with zero attached hydrogens (tertiary/aromatic N) is 2. The van der Waals surface area contributed by atoms with Crippen molar-refractivity contribution in [2.45, 2.75) is 44.9 Å². The molecule has 0 saturated carbocycles. The fraction of sp³-hybridized carbons (Fsp3) is 0.529. The number of amidine groups is 1. The van der Waals surface area contributed by atoms with Crippen LogP contribution in [-0.2, 0) is 5.75 Å². The second kappa shape index (κ2) is 7.18. The van der Waals surface area contributed by atoms with Gasteiger partial charge in [0.2, 0.25) is 0 Å². The van der Waals surface area contributed by atoms with E-state index in [0.717, 1.165) is 42.8 Å². The molecule has 0 unspecified atom stereocenters. The smallest absolute Gasteiger partial charge is 0.253 e. The van der Waals surface area contributed by atoms with Gasteiger partial charge in [0.05, 0.1) is 5.54 Å². The minimum absolute atomic E-state index is 0.144. The lowest BCUT2D eigenvalue weighted by Gasteiger charge is -2.15. The van der Waals surface area contributed by atoms with E-state index in [-0.39, 0.29) is 11.4 Å². The van der Waals surface area contributed by atoms with Crippen LogP contribution in [0.2, 0.25) is 0 Å². The quantitative estimate of drug-likeness (QED) is 0.687. The maximum absolute atomic E-state index is 12.3. The summed E-state index contributed by atoms with van der Waals surface area (Å²) in [6, 6.07) is 7.82. The van der Waals surface area contributed by atoms with Gasteiger partial charge in [-0.2, -0.15) is 0 Å². The van der Waals surface area contributed by atoms with Crippen molar-refractivity contribution in [1.29, 1.82) is 0 Å². The van der Waals surface area contributed by atoms with Gasteiger partial charge in [-0.25, -0.2) is 0 Å². The summed E-state index contributed by atoms with van der Waals surface area (Å²) in [5, 5.41) is 0.602. The summed E-state index contributed by atoms with van der Waals surface area (Å²) in [5.74, 6) is 0.911. The maximum Gasteiger partial charge on any atom is 0.253 e. The van der Waals surface area contributed by atoms with Gasteiger partial charge in [0.1, 0.15) is 0 Å². The lowest BCUT2D eigenvalue weighted by Crippen LogP contribution is -2.27.